The molecule has 56 heavy (non-hydrogen) atoms. The highest BCUT2D eigenvalue weighted by molar-refractivity contribution is 7.25. The lowest BCUT2D eigenvalue weighted by Gasteiger charge is -2.22. The van der Waals surface area contributed by atoms with Gasteiger partial charge in [-0.3, -0.25) is 0 Å². The molecule has 0 atom stereocenters. The minimum absolute atomic E-state index is 0.136. The van der Waals surface area contributed by atoms with Crippen LogP contribution in [0.3, 0.4) is 0 Å². The highest BCUT2D eigenvalue weighted by Crippen LogP contribution is 2.54. The second kappa shape index (κ2) is 12.7. The Morgan fingerprint density at radius 1 is 0.411 bits per heavy atom. The van der Waals surface area contributed by atoms with Gasteiger partial charge in [-0.1, -0.05) is 166 Å². The molecule has 0 saturated carbocycles. The van der Waals surface area contributed by atoms with E-state index in [4.69, 9.17) is 9.97 Å². The third-order valence-corrected chi connectivity index (χ3v) is 12.8. The normalized spacial score (nSPS) is 13.0. The molecule has 10 aromatic rings. The Balaban J connectivity index is 1.14. The molecule has 0 amide bonds. The average Bonchev–Trinajstić information content (AvgIpc) is 3.75. The molecule has 0 N–H and O–H groups in total. The average molecular weight is 733 g/mol. The topological polar surface area (TPSA) is 25.8 Å². The van der Waals surface area contributed by atoms with Crippen LogP contribution >= 0.6 is 11.3 Å². The molecular formula is C53H36N2S. The summed E-state index contributed by atoms with van der Waals surface area (Å²) in [6.45, 7) is 4.73. The van der Waals surface area contributed by atoms with Gasteiger partial charge in [0.25, 0.3) is 0 Å². The summed E-state index contributed by atoms with van der Waals surface area (Å²) in [5, 5.41) is 5.11. The highest BCUT2D eigenvalue weighted by atomic mass is 32.1. The Bertz CT molecular complexity index is 3170. The van der Waals surface area contributed by atoms with Gasteiger partial charge in [-0.2, -0.15) is 0 Å². The fourth-order valence-corrected chi connectivity index (χ4v) is 10.2. The molecule has 1 aliphatic rings. The summed E-state index contributed by atoms with van der Waals surface area (Å²) in [5.41, 5.74) is 14.9. The SMILES string of the molecule is CC1(C)c2cc3ccccc3cc2-c2c(-c3ccccc3-c3cc(-c4ccccc4-c4cccc5sc6ccccc6c45)nc(-c4ccccc4)n3)cccc21. The summed E-state index contributed by atoms with van der Waals surface area (Å²) in [5.74, 6) is 0.707. The number of thiophene rings is 1. The Morgan fingerprint density at radius 3 is 1.71 bits per heavy atom. The number of nitrogens with zero attached hydrogens (tertiary/aromatic N) is 2. The predicted octanol–water partition coefficient (Wildman–Crippen LogP) is 14.6. The van der Waals surface area contributed by atoms with E-state index in [0.29, 0.717) is 5.82 Å². The fraction of sp³-hybridized carbons (Fsp3) is 0.0566. The lowest BCUT2D eigenvalue weighted by molar-refractivity contribution is 0.661. The van der Waals surface area contributed by atoms with Gasteiger partial charge in [-0.05, 0) is 85.6 Å². The summed E-state index contributed by atoms with van der Waals surface area (Å²) in [6, 6.07) is 65.8. The Hall–Kier alpha value is -6.68. The number of fused-ring (bicyclic) bond motifs is 7. The number of aromatic nitrogens is 2. The van der Waals surface area contributed by atoms with E-state index in [0.717, 1.165) is 39.2 Å². The molecule has 0 radical (unpaired) electrons. The first kappa shape index (κ1) is 32.7. The molecule has 0 aliphatic heterocycles. The molecule has 0 fully saturated rings. The number of hydrogen-bond donors (Lipinski definition) is 0. The zero-order valence-electron chi connectivity index (χ0n) is 31.1. The van der Waals surface area contributed by atoms with E-state index in [1.54, 1.807) is 0 Å². The highest BCUT2D eigenvalue weighted by Gasteiger charge is 2.37. The maximum Gasteiger partial charge on any atom is 0.160 e. The molecule has 264 valence electrons. The molecular weight excluding hydrogens is 697 g/mol. The molecule has 2 aromatic heterocycles. The summed E-state index contributed by atoms with van der Waals surface area (Å²) in [4.78, 5) is 10.7. The lowest BCUT2D eigenvalue weighted by Crippen LogP contribution is -2.14. The van der Waals surface area contributed by atoms with Gasteiger partial charge < -0.3 is 0 Å². The molecule has 0 bridgehead atoms. The van der Waals surface area contributed by atoms with Crippen LogP contribution in [0.5, 0.6) is 0 Å². The minimum atomic E-state index is -0.136. The van der Waals surface area contributed by atoms with Gasteiger partial charge in [0.2, 0.25) is 0 Å². The Morgan fingerprint density at radius 2 is 0.964 bits per heavy atom. The number of rotatable bonds is 5. The van der Waals surface area contributed by atoms with Crippen molar-refractivity contribution in [3.63, 3.8) is 0 Å². The van der Waals surface area contributed by atoms with Gasteiger partial charge in [0.05, 0.1) is 11.4 Å². The third-order valence-electron chi connectivity index (χ3n) is 11.7. The van der Waals surface area contributed by atoms with Crippen molar-refractivity contribution in [2.45, 2.75) is 19.3 Å². The minimum Gasteiger partial charge on any atom is -0.228 e. The molecule has 0 spiro atoms. The summed E-state index contributed by atoms with van der Waals surface area (Å²) < 4.78 is 2.58. The van der Waals surface area contributed by atoms with E-state index in [9.17, 15) is 0 Å². The monoisotopic (exact) mass is 732 g/mol. The van der Waals surface area contributed by atoms with Gasteiger partial charge in [0.1, 0.15) is 0 Å². The van der Waals surface area contributed by atoms with Gasteiger partial charge in [0, 0.05) is 42.3 Å². The van der Waals surface area contributed by atoms with Crippen LogP contribution in [-0.2, 0) is 5.41 Å². The van der Waals surface area contributed by atoms with Gasteiger partial charge in [-0.15, -0.1) is 11.3 Å². The predicted molar refractivity (Wildman–Crippen MR) is 237 cm³/mol. The Labute approximate surface area is 330 Å². The summed E-state index contributed by atoms with van der Waals surface area (Å²) in [7, 11) is 0. The van der Waals surface area contributed by atoms with Crippen molar-refractivity contribution in [3.05, 3.63) is 193 Å². The van der Waals surface area contributed by atoms with E-state index in [1.165, 1.54) is 64.3 Å². The molecule has 3 heteroatoms. The maximum atomic E-state index is 5.37. The van der Waals surface area contributed by atoms with Crippen molar-refractivity contribution in [2.24, 2.45) is 0 Å². The molecule has 11 rings (SSSR count). The van der Waals surface area contributed by atoms with Crippen molar-refractivity contribution < 1.29 is 0 Å². The molecule has 0 saturated heterocycles. The molecule has 8 aromatic carbocycles. The van der Waals surface area contributed by atoms with Crippen molar-refractivity contribution in [2.75, 3.05) is 0 Å². The maximum absolute atomic E-state index is 5.37. The number of hydrogen-bond acceptors (Lipinski definition) is 3. The van der Waals surface area contributed by atoms with Crippen LogP contribution < -0.4 is 0 Å². The van der Waals surface area contributed by atoms with E-state index >= 15 is 0 Å². The van der Waals surface area contributed by atoms with E-state index in [2.05, 4.69) is 190 Å². The molecule has 0 unspecified atom stereocenters. The first-order valence-corrected chi connectivity index (χ1v) is 20.1. The van der Waals surface area contributed by atoms with Crippen molar-refractivity contribution >= 4 is 42.3 Å². The van der Waals surface area contributed by atoms with Crippen LogP contribution in [0.4, 0.5) is 0 Å². The summed E-state index contributed by atoms with van der Waals surface area (Å²) >= 11 is 1.85. The first-order chi connectivity index (χ1) is 27.5. The van der Waals surface area contributed by atoms with E-state index < -0.39 is 0 Å². The largest absolute Gasteiger partial charge is 0.228 e. The molecule has 2 nitrogen and oxygen atoms in total. The van der Waals surface area contributed by atoms with Crippen LogP contribution in [-0.4, -0.2) is 9.97 Å². The van der Waals surface area contributed by atoms with Gasteiger partial charge in [-0.25, -0.2) is 9.97 Å². The van der Waals surface area contributed by atoms with Crippen molar-refractivity contribution in [3.8, 4) is 67.3 Å². The smallest absolute Gasteiger partial charge is 0.160 e. The molecule has 1 aliphatic carbocycles. The fourth-order valence-electron chi connectivity index (χ4n) is 9.02. The zero-order valence-corrected chi connectivity index (χ0v) is 31.9. The summed E-state index contributed by atoms with van der Waals surface area (Å²) in [6.07, 6.45) is 0. The van der Waals surface area contributed by atoms with E-state index in [-0.39, 0.29) is 5.41 Å². The quantitative estimate of drug-likeness (QED) is 0.176. The van der Waals surface area contributed by atoms with Crippen molar-refractivity contribution in [1.29, 1.82) is 0 Å². The third kappa shape index (κ3) is 5.08. The van der Waals surface area contributed by atoms with Crippen LogP contribution in [0.2, 0.25) is 0 Å². The van der Waals surface area contributed by atoms with Crippen LogP contribution in [0.15, 0.2) is 182 Å². The first-order valence-electron chi connectivity index (χ1n) is 19.2. The molecule has 2 heterocycles. The van der Waals surface area contributed by atoms with E-state index in [1.807, 2.05) is 17.4 Å². The Kier molecular flexibility index (Phi) is 7.42. The second-order valence-electron chi connectivity index (χ2n) is 15.3. The van der Waals surface area contributed by atoms with Gasteiger partial charge in [0.15, 0.2) is 5.82 Å². The van der Waals surface area contributed by atoms with Crippen LogP contribution in [0.1, 0.15) is 25.0 Å². The zero-order chi connectivity index (χ0) is 37.4. The van der Waals surface area contributed by atoms with Crippen molar-refractivity contribution in [1.82, 2.24) is 9.97 Å². The van der Waals surface area contributed by atoms with Crippen LogP contribution in [0, 0.1) is 0 Å². The second-order valence-corrected chi connectivity index (χ2v) is 16.4. The van der Waals surface area contributed by atoms with Gasteiger partial charge >= 0.3 is 0 Å². The standard InChI is InChI=1S/C53H36N2S/c1-53(2)44-27-14-25-40(50(44)43-30-34-18-6-7-19-35(34)31-45(43)53)36-20-8-10-22-38(36)46-32-47(55-52(54-46)33-16-4-3-5-17-33)39-23-11-9-21-37(39)41-26-15-29-49-51(41)42-24-12-13-28-48(42)56-49/h3-32H,1-2H3. The van der Waals surface area contributed by atoms with Crippen LogP contribution in [0.25, 0.3) is 98.2 Å². The lowest BCUT2D eigenvalue weighted by atomic mass is 9.81. The number of benzene rings is 8.